The monoisotopic (exact) mass is 406 g/mol. The van der Waals surface area contributed by atoms with Crippen LogP contribution >= 0.6 is 22.6 Å². The van der Waals surface area contributed by atoms with Crippen LogP contribution in [-0.4, -0.2) is 16.0 Å². The van der Waals surface area contributed by atoms with Crippen molar-refractivity contribution < 1.29 is 9.53 Å². The maximum absolute atomic E-state index is 11.6. The molecular weight excluding hydrogens is 375 g/mol. The quantitative estimate of drug-likeness (QED) is 0.358. The molecule has 2 fully saturated rings. The van der Waals surface area contributed by atoms with Crippen molar-refractivity contribution in [3.63, 3.8) is 0 Å². The zero-order chi connectivity index (χ0) is 15.9. The minimum atomic E-state index is -0.268. The predicted octanol–water partition coefficient (Wildman–Crippen LogP) is 5.38. The van der Waals surface area contributed by atoms with Crippen LogP contribution < -0.4 is 0 Å². The minimum Gasteiger partial charge on any atom is -0.459 e. The largest absolute Gasteiger partial charge is 0.459 e. The highest BCUT2D eigenvalue weighted by molar-refractivity contribution is 14.1. The van der Waals surface area contributed by atoms with E-state index >= 15 is 0 Å². The fourth-order valence-electron chi connectivity index (χ4n) is 5.80. The molecule has 0 saturated heterocycles. The fourth-order valence-corrected chi connectivity index (χ4v) is 6.42. The number of carbonyl (C=O) groups is 1. The summed E-state index contributed by atoms with van der Waals surface area (Å²) in [5.74, 6) is 1.13. The van der Waals surface area contributed by atoms with Crippen molar-refractivity contribution in [3.05, 3.63) is 0 Å². The van der Waals surface area contributed by atoms with Crippen molar-refractivity contribution in [3.8, 4) is 0 Å². The number of hydrogen-bond acceptors (Lipinski definition) is 2. The van der Waals surface area contributed by atoms with Gasteiger partial charge in [0.05, 0.1) is 0 Å². The van der Waals surface area contributed by atoms with Gasteiger partial charge in [-0.1, -0.05) is 49.8 Å². The van der Waals surface area contributed by atoms with E-state index in [0.717, 1.165) is 23.2 Å². The van der Waals surface area contributed by atoms with Crippen molar-refractivity contribution in [2.45, 2.75) is 78.7 Å². The van der Waals surface area contributed by atoms with E-state index in [4.69, 9.17) is 4.74 Å². The number of ether oxygens (including phenoxy) is 1. The molecule has 2 saturated carbocycles. The molecule has 2 rings (SSSR count). The van der Waals surface area contributed by atoms with Crippen molar-refractivity contribution in [1.29, 1.82) is 0 Å². The Morgan fingerprint density at radius 2 is 1.86 bits per heavy atom. The van der Waals surface area contributed by atoms with Crippen molar-refractivity contribution in [2.24, 2.45) is 22.7 Å². The second-order valence-corrected chi connectivity index (χ2v) is 9.45. The van der Waals surface area contributed by atoms with Gasteiger partial charge in [0.2, 0.25) is 0 Å². The summed E-state index contributed by atoms with van der Waals surface area (Å²) < 4.78 is 7.02. The van der Waals surface area contributed by atoms with Gasteiger partial charge in [-0.25, -0.2) is 0 Å². The summed E-state index contributed by atoms with van der Waals surface area (Å²) >= 11 is 2.48. The summed E-state index contributed by atoms with van der Waals surface area (Å²) in [7, 11) is 0. The van der Waals surface area contributed by atoms with Crippen LogP contribution in [-0.2, 0) is 9.53 Å². The Labute approximate surface area is 143 Å². The lowest BCUT2D eigenvalue weighted by Gasteiger charge is -2.61. The second kappa shape index (κ2) is 6.01. The van der Waals surface area contributed by atoms with Gasteiger partial charge >= 0.3 is 5.97 Å². The lowest BCUT2D eigenvalue weighted by Crippen LogP contribution is -2.58. The summed E-state index contributed by atoms with van der Waals surface area (Å²) in [5.41, 5.74) is 0.471. The van der Waals surface area contributed by atoms with Gasteiger partial charge in [-0.05, 0) is 60.2 Å². The van der Waals surface area contributed by atoms with Gasteiger partial charge in [0.1, 0.15) is 5.60 Å². The molecule has 3 heteroatoms. The summed E-state index contributed by atoms with van der Waals surface area (Å²) in [6.07, 6.45) is 7.33. The van der Waals surface area contributed by atoms with Gasteiger partial charge in [-0.15, -0.1) is 0 Å². The third-order valence-electron chi connectivity index (χ3n) is 6.51. The third kappa shape index (κ3) is 3.13. The van der Waals surface area contributed by atoms with Crippen LogP contribution in [0.3, 0.4) is 0 Å². The van der Waals surface area contributed by atoms with E-state index in [9.17, 15) is 4.79 Å². The van der Waals surface area contributed by atoms with Crippen LogP contribution in [0.25, 0.3) is 0 Å². The van der Waals surface area contributed by atoms with Crippen LogP contribution in [0, 0.1) is 22.7 Å². The molecule has 0 N–H and O–H groups in total. The van der Waals surface area contributed by atoms with Crippen LogP contribution in [0.2, 0.25) is 0 Å². The van der Waals surface area contributed by atoms with Crippen molar-refractivity contribution >= 4 is 28.6 Å². The highest BCUT2D eigenvalue weighted by atomic mass is 127. The predicted molar refractivity (Wildman–Crippen MR) is 95.6 cm³/mol. The van der Waals surface area contributed by atoms with E-state index in [2.05, 4.69) is 50.3 Å². The SMILES string of the molecule is CC(=O)O[C@]1(C)CC[C@H]2C(C)(C)CCC[C@]2(C)[C@H]1CCI. The number of hydrogen-bond donors (Lipinski definition) is 0. The standard InChI is InChI=1S/C18H31IO2/c1-13(20)21-18(5)11-7-14-16(2,3)9-6-10-17(14,4)15(18)8-12-19/h14-15H,6-12H2,1-5H3/t14-,15+,17-,18+/m0/s1. The van der Waals surface area contributed by atoms with E-state index in [-0.39, 0.29) is 11.6 Å². The number of esters is 1. The fraction of sp³-hybridized carbons (Fsp3) is 0.944. The molecule has 0 amide bonds. The minimum absolute atomic E-state index is 0.118. The zero-order valence-electron chi connectivity index (χ0n) is 14.3. The van der Waals surface area contributed by atoms with E-state index in [0.29, 0.717) is 16.7 Å². The maximum Gasteiger partial charge on any atom is 0.303 e. The lowest BCUT2D eigenvalue weighted by molar-refractivity contribution is -0.198. The normalized spacial score (nSPS) is 42.2. The van der Waals surface area contributed by atoms with Gasteiger partial charge in [0.15, 0.2) is 0 Å². The Kier molecular flexibility index (Phi) is 5.02. The Bertz CT molecular complexity index is 406. The first-order chi connectivity index (χ1) is 9.66. The Balaban J connectivity index is 2.38. The summed E-state index contributed by atoms with van der Waals surface area (Å²) in [6.45, 7) is 11.1. The van der Waals surface area contributed by atoms with E-state index in [1.54, 1.807) is 6.92 Å². The molecule has 2 aliphatic rings. The van der Waals surface area contributed by atoms with Crippen molar-refractivity contribution in [2.75, 3.05) is 4.43 Å². The van der Waals surface area contributed by atoms with Gasteiger partial charge in [0.25, 0.3) is 0 Å². The topological polar surface area (TPSA) is 26.3 Å². The number of carbonyl (C=O) groups excluding carboxylic acids is 1. The molecule has 0 radical (unpaired) electrons. The van der Waals surface area contributed by atoms with Crippen molar-refractivity contribution in [1.82, 2.24) is 0 Å². The summed E-state index contributed by atoms with van der Waals surface area (Å²) in [4.78, 5) is 11.6. The van der Waals surface area contributed by atoms with Crippen LogP contribution in [0.1, 0.15) is 73.1 Å². The van der Waals surface area contributed by atoms with Gasteiger partial charge in [-0.3, -0.25) is 4.79 Å². The molecule has 0 bridgehead atoms. The van der Waals surface area contributed by atoms with E-state index in [1.165, 1.54) is 25.7 Å². The smallest absolute Gasteiger partial charge is 0.303 e. The third-order valence-corrected chi connectivity index (χ3v) is 7.14. The average molecular weight is 406 g/mol. The zero-order valence-corrected chi connectivity index (χ0v) is 16.5. The summed E-state index contributed by atoms with van der Waals surface area (Å²) in [6, 6.07) is 0. The molecule has 0 aliphatic heterocycles. The van der Waals surface area contributed by atoms with Gasteiger partial charge < -0.3 is 4.74 Å². The molecule has 0 aromatic rings. The lowest BCUT2D eigenvalue weighted by atomic mass is 9.45. The molecule has 2 nitrogen and oxygen atoms in total. The first-order valence-corrected chi connectivity index (χ1v) is 9.94. The molecule has 4 atom stereocenters. The number of alkyl halides is 1. The van der Waals surface area contributed by atoms with Crippen LogP contribution in [0.15, 0.2) is 0 Å². The molecule has 0 aromatic carbocycles. The highest BCUT2D eigenvalue weighted by Gasteiger charge is 2.59. The van der Waals surface area contributed by atoms with Gasteiger partial charge in [-0.2, -0.15) is 0 Å². The van der Waals surface area contributed by atoms with Crippen LogP contribution in [0.5, 0.6) is 0 Å². The molecular formula is C18H31IO2. The Morgan fingerprint density at radius 1 is 1.19 bits per heavy atom. The average Bonchev–Trinajstić information content (AvgIpc) is 2.32. The Hall–Kier alpha value is 0.200. The molecule has 2 aliphatic carbocycles. The Morgan fingerprint density at radius 3 is 2.43 bits per heavy atom. The van der Waals surface area contributed by atoms with Gasteiger partial charge in [0, 0.05) is 12.8 Å². The molecule has 0 spiro atoms. The second-order valence-electron chi connectivity index (χ2n) is 8.38. The maximum atomic E-state index is 11.6. The highest BCUT2D eigenvalue weighted by Crippen LogP contribution is 2.63. The number of fused-ring (bicyclic) bond motifs is 1. The first kappa shape index (κ1) is 17.6. The molecule has 0 aromatic heterocycles. The molecule has 21 heavy (non-hydrogen) atoms. The molecule has 0 unspecified atom stereocenters. The number of rotatable bonds is 3. The van der Waals surface area contributed by atoms with E-state index in [1.807, 2.05) is 0 Å². The molecule has 122 valence electrons. The van der Waals surface area contributed by atoms with E-state index < -0.39 is 0 Å². The van der Waals surface area contributed by atoms with Crippen LogP contribution in [0.4, 0.5) is 0 Å². The molecule has 0 heterocycles. The number of halogens is 1. The summed E-state index contributed by atoms with van der Waals surface area (Å²) in [5, 5.41) is 0. The first-order valence-electron chi connectivity index (χ1n) is 8.41.